The van der Waals surface area contributed by atoms with Crippen LogP contribution in [0.5, 0.6) is 0 Å². The molecule has 2 N–H and O–H groups in total. The van der Waals surface area contributed by atoms with Crippen molar-refractivity contribution in [3.63, 3.8) is 0 Å². The first kappa shape index (κ1) is 26.8. The van der Waals surface area contributed by atoms with Crippen molar-refractivity contribution in [2.24, 2.45) is 17.0 Å². The van der Waals surface area contributed by atoms with Gasteiger partial charge in [-0.25, -0.2) is 13.6 Å². The molecule has 2 aliphatic heterocycles. The highest BCUT2D eigenvalue weighted by Crippen LogP contribution is 2.43. The maximum Gasteiger partial charge on any atom is 0.291 e. The fourth-order valence-corrected chi connectivity index (χ4v) is 6.07. The van der Waals surface area contributed by atoms with E-state index in [0.717, 1.165) is 12.1 Å². The summed E-state index contributed by atoms with van der Waals surface area (Å²) >= 11 is 5.78. The summed E-state index contributed by atoms with van der Waals surface area (Å²) < 4.78 is 61.1. The van der Waals surface area contributed by atoms with Gasteiger partial charge in [-0.05, 0) is 24.5 Å². The van der Waals surface area contributed by atoms with Crippen LogP contribution in [0.2, 0.25) is 5.02 Å². The number of carbonyl (C=O) groups excluding carboxylic acids is 2. The van der Waals surface area contributed by atoms with E-state index in [2.05, 4.69) is 0 Å². The molecule has 0 bridgehead atoms. The van der Waals surface area contributed by atoms with Gasteiger partial charge in [-0.15, -0.1) is 0 Å². The highest BCUT2D eigenvalue weighted by Gasteiger charge is 2.57. The molecule has 8 nitrogen and oxygen atoms in total. The van der Waals surface area contributed by atoms with E-state index in [9.17, 15) is 18.0 Å². The van der Waals surface area contributed by atoms with Gasteiger partial charge >= 0.3 is 0 Å². The predicted molar refractivity (Wildman–Crippen MR) is 123 cm³/mol. The van der Waals surface area contributed by atoms with Crippen LogP contribution in [0.15, 0.2) is 24.3 Å². The minimum absolute atomic E-state index is 0.0166. The fourth-order valence-electron chi connectivity index (χ4n) is 4.68. The fraction of sp³-hybridized carbons (Fsp3) is 0.636. The number of amides is 2. The number of alkyl halides is 2. The molecular weight excluding hydrogens is 492 g/mol. The third-order valence-electron chi connectivity index (χ3n) is 6.68. The molecule has 1 aromatic rings. The van der Waals surface area contributed by atoms with Crippen LogP contribution in [-0.4, -0.2) is 74.2 Å². The van der Waals surface area contributed by atoms with Crippen LogP contribution >= 0.6 is 11.6 Å². The number of nitrogens with zero attached hydrogens (tertiary/aromatic N) is 2. The minimum atomic E-state index is -4.86. The molecule has 4 atom stereocenters. The summed E-state index contributed by atoms with van der Waals surface area (Å²) in [4.78, 5) is 29.6. The summed E-state index contributed by atoms with van der Waals surface area (Å²) in [6, 6.07) is 3.58. The van der Waals surface area contributed by atoms with Crippen LogP contribution in [0.1, 0.15) is 32.3 Å². The van der Waals surface area contributed by atoms with Crippen molar-refractivity contribution < 1.29 is 31.5 Å². The van der Waals surface area contributed by atoms with Crippen molar-refractivity contribution in [3.8, 4) is 0 Å². The highest BCUT2D eigenvalue weighted by atomic mass is 35.5. The van der Waals surface area contributed by atoms with Gasteiger partial charge in [0.05, 0.1) is 19.1 Å². The van der Waals surface area contributed by atoms with E-state index >= 15 is 8.78 Å². The van der Waals surface area contributed by atoms with Gasteiger partial charge < -0.3 is 14.5 Å². The third-order valence-corrected chi connectivity index (χ3v) is 8.27. The van der Waals surface area contributed by atoms with Crippen LogP contribution in [0, 0.1) is 11.8 Å². The van der Waals surface area contributed by atoms with Gasteiger partial charge in [0.15, 0.2) is 5.25 Å². The van der Waals surface area contributed by atoms with Gasteiger partial charge in [0.25, 0.3) is 5.92 Å². The van der Waals surface area contributed by atoms with Crippen LogP contribution in [-0.2, 0) is 30.3 Å². The van der Waals surface area contributed by atoms with E-state index in [1.54, 1.807) is 4.90 Å². The third kappa shape index (κ3) is 5.37. The lowest BCUT2D eigenvalue weighted by Crippen LogP contribution is -2.56. The smallest absolute Gasteiger partial charge is 0.291 e. The second kappa shape index (κ2) is 10.4. The average molecular weight is 522 g/mol. The molecule has 2 aliphatic rings. The minimum Gasteiger partial charge on any atom is -0.378 e. The Labute approximate surface area is 203 Å². The molecule has 1 aromatic carbocycles. The zero-order valence-electron chi connectivity index (χ0n) is 19.1. The second-order valence-corrected chi connectivity index (χ2v) is 11.0. The number of sulfonamides is 1. The predicted octanol–water partition coefficient (Wildman–Crippen LogP) is 2.21. The van der Waals surface area contributed by atoms with Crippen LogP contribution in [0.3, 0.4) is 0 Å². The van der Waals surface area contributed by atoms with Gasteiger partial charge in [-0.1, -0.05) is 44.0 Å². The molecule has 0 aromatic heterocycles. The Morgan fingerprint density at radius 1 is 1.24 bits per heavy atom. The number of nitrogens with two attached hydrogens (primary N) is 1. The van der Waals surface area contributed by atoms with E-state index in [1.807, 2.05) is 13.8 Å². The molecular formula is C22H30ClF2N3O5S. The number of benzene rings is 1. The summed E-state index contributed by atoms with van der Waals surface area (Å²) in [7, 11) is -4.86. The molecule has 2 amide bonds. The highest BCUT2D eigenvalue weighted by molar-refractivity contribution is 7.89. The van der Waals surface area contributed by atoms with Gasteiger partial charge in [0.1, 0.15) is 6.04 Å². The maximum absolute atomic E-state index is 15.5. The first-order chi connectivity index (χ1) is 15.9. The van der Waals surface area contributed by atoms with Gasteiger partial charge in [-0.2, -0.15) is 8.78 Å². The van der Waals surface area contributed by atoms with E-state index < -0.39 is 44.6 Å². The van der Waals surface area contributed by atoms with Crippen molar-refractivity contribution in [1.29, 1.82) is 0 Å². The standard InChI is InChI=1S/C22H30ClF2N3O5S/c1-3-14(2)18(21(30)27-10-12-33-13-11-27)28-9-8-17(20(28)29)19(34(26,31)32)22(24,25)15-4-6-16(23)7-5-15/h4-7,14,17-19H,3,8-13H2,1-2H3,(H2,26,31,32)/t14-,17+,18-,19?/m0/s1. The summed E-state index contributed by atoms with van der Waals surface area (Å²) in [5, 5.41) is 2.99. The quantitative estimate of drug-likeness (QED) is 0.564. The van der Waals surface area contributed by atoms with Gasteiger partial charge in [0, 0.05) is 30.2 Å². The Kier molecular flexibility index (Phi) is 8.22. The molecule has 0 aliphatic carbocycles. The topological polar surface area (TPSA) is 110 Å². The molecule has 1 unspecified atom stereocenters. The summed E-state index contributed by atoms with van der Waals surface area (Å²) in [6.45, 7) is 5.13. The molecule has 2 fully saturated rings. The summed E-state index contributed by atoms with van der Waals surface area (Å²) in [6.07, 6.45) is 0.404. The van der Waals surface area contributed by atoms with E-state index in [1.165, 1.54) is 17.0 Å². The van der Waals surface area contributed by atoms with E-state index in [4.69, 9.17) is 21.5 Å². The normalized spacial score (nSPS) is 22.5. The number of likely N-dealkylation sites (tertiary alicyclic amines) is 1. The lowest BCUT2D eigenvalue weighted by Gasteiger charge is -2.37. The lowest BCUT2D eigenvalue weighted by atomic mass is 9.93. The van der Waals surface area contributed by atoms with Gasteiger partial charge in [0.2, 0.25) is 21.8 Å². The summed E-state index contributed by atoms with van der Waals surface area (Å²) in [5.74, 6) is -6.90. The number of hydrogen-bond donors (Lipinski definition) is 1. The number of halogens is 3. The molecule has 2 heterocycles. The Balaban J connectivity index is 1.94. The molecule has 190 valence electrons. The number of ether oxygens (including phenoxy) is 1. The Hall–Kier alpha value is -1.82. The number of hydrogen-bond acceptors (Lipinski definition) is 5. The lowest BCUT2D eigenvalue weighted by molar-refractivity contribution is -0.150. The van der Waals surface area contributed by atoms with Gasteiger partial charge in [-0.3, -0.25) is 9.59 Å². The number of rotatable bonds is 8. The number of morpholine rings is 1. The van der Waals surface area contributed by atoms with Crippen molar-refractivity contribution in [3.05, 3.63) is 34.9 Å². The van der Waals surface area contributed by atoms with Crippen molar-refractivity contribution in [1.82, 2.24) is 9.80 Å². The van der Waals surface area contributed by atoms with Crippen LogP contribution in [0.4, 0.5) is 8.78 Å². The Bertz CT molecular complexity index is 1000. The van der Waals surface area contributed by atoms with Crippen molar-refractivity contribution in [2.75, 3.05) is 32.8 Å². The monoisotopic (exact) mass is 521 g/mol. The second-order valence-electron chi connectivity index (χ2n) is 8.83. The molecule has 34 heavy (non-hydrogen) atoms. The van der Waals surface area contributed by atoms with E-state index in [-0.39, 0.29) is 29.8 Å². The van der Waals surface area contributed by atoms with Crippen LogP contribution < -0.4 is 5.14 Å². The zero-order valence-corrected chi connectivity index (χ0v) is 20.7. The first-order valence-electron chi connectivity index (χ1n) is 11.2. The SMILES string of the molecule is CC[C@H](C)[C@@H](C(=O)N1CCOCC1)N1CC[C@H](C(C(F)(F)c2ccc(Cl)cc2)S(N)(=O)=O)C1=O. The Morgan fingerprint density at radius 3 is 2.35 bits per heavy atom. The molecule has 12 heteroatoms. The number of primary sulfonamides is 1. The first-order valence-corrected chi connectivity index (χ1v) is 13.2. The summed E-state index contributed by atoms with van der Waals surface area (Å²) in [5.41, 5.74) is -0.606. The van der Waals surface area contributed by atoms with E-state index in [0.29, 0.717) is 32.7 Å². The molecule has 2 saturated heterocycles. The Morgan fingerprint density at radius 2 is 1.82 bits per heavy atom. The number of carbonyl (C=O) groups is 2. The molecule has 3 rings (SSSR count). The molecule has 0 radical (unpaired) electrons. The molecule has 0 spiro atoms. The average Bonchev–Trinajstić information content (AvgIpc) is 3.13. The molecule has 0 saturated carbocycles. The van der Waals surface area contributed by atoms with Crippen molar-refractivity contribution >= 4 is 33.4 Å². The maximum atomic E-state index is 15.5. The zero-order chi connectivity index (χ0) is 25.3. The van der Waals surface area contributed by atoms with Crippen LogP contribution in [0.25, 0.3) is 0 Å². The van der Waals surface area contributed by atoms with Crippen molar-refractivity contribution in [2.45, 2.75) is 43.9 Å². The largest absolute Gasteiger partial charge is 0.378 e.